The zero-order valence-corrected chi connectivity index (χ0v) is 14.8. The molecule has 1 amide bonds. The Balaban J connectivity index is 1.97. The van der Waals surface area contributed by atoms with E-state index in [4.69, 9.17) is 14.2 Å². The molecule has 0 aliphatic heterocycles. The summed E-state index contributed by atoms with van der Waals surface area (Å²) in [6.07, 6.45) is 2.04. The second-order valence-corrected chi connectivity index (χ2v) is 5.52. The number of benzene rings is 2. The molecule has 2 aromatic rings. The van der Waals surface area contributed by atoms with Gasteiger partial charge in [0.05, 0.1) is 18.9 Å². The Hall–Kier alpha value is -2.53. The third-order valence-corrected chi connectivity index (χ3v) is 3.56. The minimum absolute atomic E-state index is 0.185. The molecule has 25 heavy (non-hydrogen) atoms. The van der Waals surface area contributed by atoms with Crippen molar-refractivity contribution >= 4 is 11.6 Å². The number of hydrogen-bond donors (Lipinski definition) is 1. The number of carbonyl (C=O) groups excluding carboxylic acids is 1. The molecule has 0 radical (unpaired) electrons. The molecule has 134 valence electrons. The van der Waals surface area contributed by atoms with Gasteiger partial charge in [0.2, 0.25) is 0 Å². The molecule has 0 fully saturated rings. The first kappa shape index (κ1) is 18.8. The van der Waals surface area contributed by atoms with Crippen molar-refractivity contribution in [3.05, 3.63) is 54.1 Å². The Morgan fingerprint density at radius 3 is 2.44 bits per heavy atom. The van der Waals surface area contributed by atoms with Crippen LogP contribution in [0.15, 0.2) is 48.5 Å². The lowest BCUT2D eigenvalue weighted by Crippen LogP contribution is -2.13. The molecule has 0 spiro atoms. The van der Waals surface area contributed by atoms with Gasteiger partial charge in [0.1, 0.15) is 18.1 Å². The van der Waals surface area contributed by atoms with Crippen LogP contribution in [0.4, 0.5) is 5.69 Å². The SMILES string of the molecule is CCCCOc1ccccc1NC(=O)c1ccc(OCCOC)cc1. The molecule has 0 saturated carbocycles. The van der Waals surface area contributed by atoms with Crippen LogP contribution in [-0.4, -0.2) is 32.8 Å². The largest absolute Gasteiger partial charge is 0.491 e. The van der Waals surface area contributed by atoms with Crippen molar-refractivity contribution in [2.45, 2.75) is 19.8 Å². The summed E-state index contributed by atoms with van der Waals surface area (Å²) < 4.78 is 16.2. The quantitative estimate of drug-likeness (QED) is 0.659. The fourth-order valence-corrected chi connectivity index (χ4v) is 2.16. The Kier molecular flexibility index (Phi) is 7.79. The maximum atomic E-state index is 12.4. The van der Waals surface area contributed by atoms with Gasteiger partial charge in [-0.05, 0) is 42.8 Å². The summed E-state index contributed by atoms with van der Waals surface area (Å²) in [4.78, 5) is 12.4. The molecule has 2 aromatic carbocycles. The van der Waals surface area contributed by atoms with Crippen LogP contribution < -0.4 is 14.8 Å². The van der Waals surface area contributed by atoms with Crippen LogP contribution in [-0.2, 0) is 4.74 Å². The average Bonchev–Trinajstić information content (AvgIpc) is 2.64. The molecule has 0 aromatic heterocycles. The minimum atomic E-state index is -0.185. The topological polar surface area (TPSA) is 56.8 Å². The summed E-state index contributed by atoms with van der Waals surface area (Å²) in [6.45, 7) is 3.75. The minimum Gasteiger partial charge on any atom is -0.491 e. The highest BCUT2D eigenvalue weighted by molar-refractivity contribution is 6.05. The van der Waals surface area contributed by atoms with Gasteiger partial charge < -0.3 is 19.5 Å². The average molecular weight is 343 g/mol. The van der Waals surface area contributed by atoms with E-state index in [0.29, 0.717) is 42.6 Å². The number of methoxy groups -OCH3 is 1. The molecule has 0 saturated heterocycles. The van der Waals surface area contributed by atoms with Crippen LogP contribution in [0.3, 0.4) is 0 Å². The van der Waals surface area contributed by atoms with E-state index >= 15 is 0 Å². The van der Waals surface area contributed by atoms with Crippen molar-refractivity contribution in [3.63, 3.8) is 0 Å². The van der Waals surface area contributed by atoms with E-state index in [1.165, 1.54) is 0 Å². The summed E-state index contributed by atoms with van der Waals surface area (Å²) in [6, 6.07) is 14.5. The third-order valence-electron chi connectivity index (χ3n) is 3.56. The molecule has 0 aliphatic rings. The molecule has 2 rings (SSSR count). The van der Waals surface area contributed by atoms with Gasteiger partial charge in [-0.3, -0.25) is 4.79 Å². The van der Waals surface area contributed by atoms with Crippen LogP contribution in [0, 0.1) is 0 Å². The van der Waals surface area contributed by atoms with Crippen LogP contribution in [0.2, 0.25) is 0 Å². The second kappa shape index (κ2) is 10.4. The van der Waals surface area contributed by atoms with Gasteiger partial charge in [-0.15, -0.1) is 0 Å². The number of amides is 1. The fourth-order valence-electron chi connectivity index (χ4n) is 2.16. The van der Waals surface area contributed by atoms with Crippen molar-refractivity contribution in [2.75, 3.05) is 32.2 Å². The zero-order chi connectivity index (χ0) is 17.9. The van der Waals surface area contributed by atoms with Gasteiger partial charge in [0.25, 0.3) is 5.91 Å². The molecule has 0 atom stereocenters. The van der Waals surface area contributed by atoms with E-state index in [0.717, 1.165) is 12.8 Å². The fraction of sp³-hybridized carbons (Fsp3) is 0.350. The zero-order valence-electron chi connectivity index (χ0n) is 14.8. The maximum Gasteiger partial charge on any atom is 0.255 e. The monoisotopic (exact) mass is 343 g/mol. The van der Waals surface area contributed by atoms with Crippen LogP contribution in [0.25, 0.3) is 0 Å². The highest BCUT2D eigenvalue weighted by Crippen LogP contribution is 2.25. The second-order valence-electron chi connectivity index (χ2n) is 5.52. The number of carbonyl (C=O) groups is 1. The smallest absolute Gasteiger partial charge is 0.255 e. The Labute approximate surface area is 148 Å². The summed E-state index contributed by atoms with van der Waals surface area (Å²) in [7, 11) is 1.63. The molecule has 0 unspecified atom stereocenters. The lowest BCUT2D eigenvalue weighted by Gasteiger charge is -2.12. The molecular weight excluding hydrogens is 318 g/mol. The number of para-hydroxylation sites is 2. The summed E-state index contributed by atoms with van der Waals surface area (Å²) in [5.74, 6) is 1.20. The summed E-state index contributed by atoms with van der Waals surface area (Å²) >= 11 is 0. The highest BCUT2D eigenvalue weighted by Gasteiger charge is 2.10. The van der Waals surface area contributed by atoms with Crippen LogP contribution >= 0.6 is 0 Å². The maximum absolute atomic E-state index is 12.4. The standard InChI is InChI=1S/C20H25NO4/c1-3-4-13-25-19-8-6-5-7-18(19)21-20(22)16-9-11-17(12-10-16)24-15-14-23-2/h5-12H,3-4,13-15H2,1-2H3,(H,21,22). The van der Waals surface area contributed by atoms with Gasteiger partial charge in [0.15, 0.2) is 0 Å². The van der Waals surface area contributed by atoms with E-state index in [9.17, 15) is 4.79 Å². The molecular formula is C20H25NO4. The number of hydrogen-bond acceptors (Lipinski definition) is 4. The Bertz CT molecular complexity index is 655. The third kappa shape index (κ3) is 6.12. The van der Waals surface area contributed by atoms with Gasteiger partial charge in [-0.1, -0.05) is 25.5 Å². The first-order chi connectivity index (χ1) is 12.2. The molecule has 0 bridgehead atoms. The lowest BCUT2D eigenvalue weighted by atomic mass is 10.2. The number of nitrogens with one attached hydrogen (secondary N) is 1. The van der Waals surface area contributed by atoms with E-state index < -0.39 is 0 Å². The Morgan fingerprint density at radius 2 is 1.72 bits per heavy atom. The molecule has 5 nitrogen and oxygen atoms in total. The lowest BCUT2D eigenvalue weighted by molar-refractivity contribution is 0.102. The highest BCUT2D eigenvalue weighted by atomic mass is 16.5. The number of unbranched alkanes of at least 4 members (excludes halogenated alkanes) is 1. The van der Waals surface area contributed by atoms with Gasteiger partial charge in [-0.2, -0.15) is 0 Å². The van der Waals surface area contributed by atoms with Crippen molar-refractivity contribution in [3.8, 4) is 11.5 Å². The van der Waals surface area contributed by atoms with E-state index in [-0.39, 0.29) is 5.91 Å². The number of ether oxygens (including phenoxy) is 3. The van der Waals surface area contributed by atoms with Crippen molar-refractivity contribution < 1.29 is 19.0 Å². The molecule has 5 heteroatoms. The van der Waals surface area contributed by atoms with Crippen molar-refractivity contribution in [2.24, 2.45) is 0 Å². The molecule has 0 aliphatic carbocycles. The van der Waals surface area contributed by atoms with E-state index in [2.05, 4.69) is 12.2 Å². The van der Waals surface area contributed by atoms with E-state index in [1.807, 2.05) is 24.3 Å². The molecule has 1 N–H and O–H groups in total. The van der Waals surface area contributed by atoms with E-state index in [1.54, 1.807) is 31.4 Å². The Morgan fingerprint density at radius 1 is 0.960 bits per heavy atom. The number of anilines is 1. The van der Waals surface area contributed by atoms with Crippen molar-refractivity contribution in [1.82, 2.24) is 0 Å². The first-order valence-corrected chi connectivity index (χ1v) is 8.49. The first-order valence-electron chi connectivity index (χ1n) is 8.49. The normalized spacial score (nSPS) is 10.3. The van der Waals surface area contributed by atoms with Crippen LogP contribution in [0.5, 0.6) is 11.5 Å². The predicted octanol–water partition coefficient (Wildman–Crippen LogP) is 4.14. The summed E-state index contributed by atoms with van der Waals surface area (Å²) in [5, 5.41) is 2.90. The van der Waals surface area contributed by atoms with Crippen LogP contribution in [0.1, 0.15) is 30.1 Å². The van der Waals surface area contributed by atoms with Crippen molar-refractivity contribution in [1.29, 1.82) is 0 Å². The van der Waals surface area contributed by atoms with Gasteiger partial charge in [-0.25, -0.2) is 0 Å². The van der Waals surface area contributed by atoms with Gasteiger partial charge in [0, 0.05) is 12.7 Å². The predicted molar refractivity (Wildman–Crippen MR) is 98.6 cm³/mol. The number of rotatable bonds is 10. The molecule has 0 heterocycles. The summed E-state index contributed by atoms with van der Waals surface area (Å²) in [5.41, 5.74) is 1.23. The van der Waals surface area contributed by atoms with Gasteiger partial charge >= 0.3 is 0 Å².